The Kier molecular flexibility index (Phi) is 9.67. The lowest BCUT2D eigenvalue weighted by Crippen LogP contribution is -2.51. The molecular weight excluding hydrogens is 370 g/mol. The average Bonchev–Trinajstić information content (AvgIpc) is 2.64. The lowest BCUT2D eigenvalue weighted by Gasteiger charge is -2.31. The maximum atomic E-state index is 12.1. The summed E-state index contributed by atoms with van der Waals surface area (Å²) in [4.78, 5) is 35.4. The van der Waals surface area contributed by atoms with Crippen molar-refractivity contribution >= 4 is 29.0 Å². The van der Waals surface area contributed by atoms with E-state index in [1.807, 2.05) is 32.1 Å². The van der Waals surface area contributed by atoms with Gasteiger partial charge in [-0.15, -0.1) is 4.91 Å². The van der Waals surface area contributed by atoms with E-state index in [9.17, 15) is 14.5 Å². The molecule has 0 bridgehead atoms. The van der Waals surface area contributed by atoms with Crippen LogP contribution in [0.3, 0.4) is 0 Å². The summed E-state index contributed by atoms with van der Waals surface area (Å²) < 4.78 is 4.96. The molecular formula is C19H26ClN3O4. The minimum atomic E-state index is -0.512. The molecule has 0 spiro atoms. The first-order valence-corrected chi connectivity index (χ1v) is 9.13. The molecule has 0 radical (unpaired) electrons. The number of nitrogens with zero attached hydrogens (tertiary/aromatic N) is 2. The molecule has 0 aromatic heterocycles. The Labute approximate surface area is 164 Å². The van der Waals surface area contributed by atoms with Crippen molar-refractivity contribution in [1.82, 2.24) is 10.2 Å². The highest BCUT2D eigenvalue weighted by molar-refractivity contribution is 6.30. The van der Waals surface area contributed by atoms with E-state index in [4.69, 9.17) is 16.3 Å². The SMILES string of the molecule is CCOC(=O)C1CC(=O)/C(=C\N(C)C)C(CC)N1.O=Nc1ccc(Cl)cc1. The second kappa shape index (κ2) is 11.5. The standard InChI is InChI=1S/C13H22N2O3.C6H4ClNO/c1-5-10-9(8-15(3)4)12(16)7-11(14-10)13(17)18-6-2;7-5-1-3-6(8-9)4-2-5/h8,10-11,14H,5-7H2,1-4H3;1-4H/b9-8-;. The van der Waals surface area contributed by atoms with E-state index < -0.39 is 6.04 Å². The molecule has 2 rings (SSSR count). The van der Waals surface area contributed by atoms with Crippen LogP contribution in [0.25, 0.3) is 0 Å². The summed E-state index contributed by atoms with van der Waals surface area (Å²) >= 11 is 5.52. The van der Waals surface area contributed by atoms with E-state index in [0.29, 0.717) is 17.3 Å². The number of piperidine rings is 1. The van der Waals surface area contributed by atoms with E-state index in [1.165, 1.54) is 0 Å². The zero-order valence-electron chi connectivity index (χ0n) is 16.1. The number of nitroso groups, excluding NO2 is 1. The van der Waals surface area contributed by atoms with Crippen LogP contribution in [0.5, 0.6) is 0 Å². The Hall–Kier alpha value is -2.25. The lowest BCUT2D eigenvalue weighted by molar-refractivity contribution is -0.147. The molecule has 1 saturated heterocycles. The average molecular weight is 396 g/mol. The first-order chi connectivity index (χ1) is 12.8. The predicted molar refractivity (Wildman–Crippen MR) is 106 cm³/mol. The molecule has 1 aliphatic heterocycles. The minimum absolute atomic E-state index is 0.0207. The van der Waals surface area contributed by atoms with Crippen molar-refractivity contribution in [2.75, 3.05) is 20.7 Å². The van der Waals surface area contributed by atoms with E-state index in [2.05, 4.69) is 10.5 Å². The molecule has 0 saturated carbocycles. The number of rotatable bonds is 5. The fourth-order valence-electron chi connectivity index (χ4n) is 2.56. The van der Waals surface area contributed by atoms with Crippen molar-refractivity contribution in [1.29, 1.82) is 0 Å². The van der Waals surface area contributed by atoms with Crippen LogP contribution >= 0.6 is 11.6 Å². The molecule has 27 heavy (non-hydrogen) atoms. The number of halogens is 1. The van der Waals surface area contributed by atoms with Gasteiger partial charge in [0.1, 0.15) is 11.7 Å². The number of carbonyl (C=O) groups excluding carboxylic acids is 2. The van der Waals surface area contributed by atoms with E-state index in [-0.39, 0.29) is 24.2 Å². The van der Waals surface area contributed by atoms with Gasteiger partial charge in [0.15, 0.2) is 5.78 Å². The number of ether oxygens (including phenoxy) is 1. The summed E-state index contributed by atoms with van der Waals surface area (Å²) in [5, 5.41) is 6.50. The maximum Gasteiger partial charge on any atom is 0.323 e. The molecule has 7 nitrogen and oxygen atoms in total. The number of Topliss-reactive ketones (excluding diaryl/α,β-unsaturated/α-hetero) is 1. The zero-order chi connectivity index (χ0) is 20.4. The normalized spacial score (nSPS) is 20.5. The second-order valence-electron chi connectivity index (χ2n) is 6.18. The largest absolute Gasteiger partial charge is 0.465 e. The van der Waals surface area contributed by atoms with Crippen LogP contribution in [0.15, 0.2) is 41.2 Å². The third-order valence-corrected chi connectivity index (χ3v) is 4.05. The summed E-state index contributed by atoms with van der Waals surface area (Å²) in [6.45, 7) is 4.08. The van der Waals surface area contributed by atoms with Gasteiger partial charge < -0.3 is 9.64 Å². The molecule has 2 unspecified atom stereocenters. The smallest absolute Gasteiger partial charge is 0.323 e. The predicted octanol–water partition coefficient (Wildman–Crippen LogP) is 3.44. The van der Waals surface area contributed by atoms with Crippen LogP contribution in [0, 0.1) is 4.91 Å². The third-order valence-electron chi connectivity index (χ3n) is 3.80. The van der Waals surface area contributed by atoms with Crippen molar-refractivity contribution in [3.8, 4) is 0 Å². The summed E-state index contributed by atoms with van der Waals surface area (Å²) in [5.41, 5.74) is 1.14. The number of benzene rings is 1. The van der Waals surface area contributed by atoms with Crippen molar-refractivity contribution < 1.29 is 14.3 Å². The minimum Gasteiger partial charge on any atom is -0.465 e. The molecule has 1 fully saturated rings. The van der Waals surface area contributed by atoms with Crippen molar-refractivity contribution in [2.24, 2.45) is 5.18 Å². The molecule has 1 aromatic carbocycles. The van der Waals surface area contributed by atoms with Gasteiger partial charge in [-0.2, -0.15) is 0 Å². The highest BCUT2D eigenvalue weighted by Gasteiger charge is 2.34. The van der Waals surface area contributed by atoms with Crippen LogP contribution in [0.1, 0.15) is 26.7 Å². The molecule has 0 amide bonds. The first-order valence-electron chi connectivity index (χ1n) is 8.75. The van der Waals surface area contributed by atoms with Gasteiger partial charge in [-0.3, -0.25) is 14.9 Å². The highest BCUT2D eigenvalue weighted by Crippen LogP contribution is 2.19. The van der Waals surface area contributed by atoms with Gasteiger partial charge >= 0.3 is 5.97 Å². The molecule has 0 aliphatic carbocycles. The molecule has 8 heteroatoms. The molecule has 1 aliphatic rings. The van der Waals surface area contributed by atoms with E-state index in [0.717, 1.165) is 12.0 Å². The molecule has 2 atom stereocenters. The fraction of sp³-hybridized carbons (Fsp3) is 0.474. The molecule has 1 N–H and O–H groups in total. The van der Waals surface area contributed by atoms with Crippen LogP contribution in [-0.2, 0) is 14.3 Å². The third kappa shape index (κ3) is 7.48. The van der Waals surface area contributed by atoms with Crippen LogP contribution in [0.2, 0.25) is 5.02 Å². The quantitative estimate of drug-likeness (QED) is 0.466. The number of carbonyl (C=O) groups is 2. The molecule has 148 valence electrons. The second-order valence-corrected chi connectivity index (χ2v) is 6.61. The van der Waals surface area contributed by atoms with E-state index >= 15 is 0 Å². The zero-order valence-corrected chi connectivity index (χ0v) is 16.8. The number of nitrogens with one attached hydrogen (secondary N) is 1. The van der Waals surface area contributed by atoms with Crippen LogP contribution < -0.4 is 5.32 Å². The number of ketones is 1. The van der Waals surface area contributed by atoms with Gasteiger partial charge in [0.05, 0.1) is 6.61 Å². The molecule has 1 aromatic rings. The first kappa shape index (κ1) is 22.8. The van der Waals surface area contributed by atoms with Gasteiger partial charge in [-0.05, 0) is 42.8 Å². The van der Waals surface area contributed by atoms with Gasteiger partial charge in [-0.1, -0.05) is 18.5 Å². The monoisotopic (exact) mass is 395 g/mol. The topological polar surface area (TPSA) is 88.1 Å². The highest BCUT2D eigenvalue weighted by atomic mass is 35.5. The van der Waals surface area contributed by atoms with E-state index in [1.54, 1.807) is 31.2 Å². The summed E-state index contributed by atoms with van der Waals surface area (Å²) in [7, 11) is 3.76. The van der Waals surface area contributed by atoms with Gasteiger partial charge in [-0.25, -0.2) is 0 Å². The number of hydrogen-bond donors (Lipinski definition) is 1. The number of esters is 1. The Morgan fingerprint density at radius 2 is 1.96 bits per heavy atom. The van der Waals surface area contributed by atoms with Crippen molar-refractivity contribution in [2.45, 2.75) is 38.8 Å². The van der Waals surface area contributed by atoms with Crippen molar-refractivity contribution in [3.63, 3.8) is 0 Å². The summed E-state index contributed by atoms with van der Waals surface area (Å²) in [6, 6.07) is 5.78. The Bertz CT molecular complexity index is 674. The Balaban J connectivity index is 0.000000337. The fourth-order valence-corrected chi connectivity index (χ4v) is 2.69. The van der Waals surface area contributed by atoms with Gasteiger partial charge in [0.25, 0.3) is 0 Å². The number of hydrogen-bond acceptors (Lipinski definition) is 7. The molecule has 1 heterocycles. The lowest BCUT2D eigenvalue weighted by atomic mass is 9.91. The van der Waals surface area contributed by atoms with Crippen LogP contribution in [0.4, 0.5) is 5.69 Å². The van der Waals surface area contributed by atoms with Gasteiger partial charge in [0, 0.05) is 43.4 Å². The maximum absolute atomic E-state index is 12.1. The van der Waals surface area contributed by atoms with Crippen molar-refractivity contribution in [3.05, 3.63) is 46.0 Å². The van der Waals surface area contributed by atoms with Crippen LogP contribution in [-0.4, -0.2) is 49.4 Å². The summed E-state index contributed by atoms with van der Waals surface area (Å²) in [5.74, 6) is -0.319. The summed E-state index contributed by atoms with van der Waals surface area (Å²) in [6.07, 6.45) is 2.77. The Morgan fingerprint density at radius 3 is 2.44 bits per heavy atom. The Morgan fingerprint density at radius 1 is 1.33 bits per heavy atom. The van der Waals surface area contributed by atoms with Gasteiger partial charge in [0.2, 0.25) is 0 Å².